The second-order valence-corrected chi connectivity index (χ2v) is 5.06. The first kappa shape index (κ1) is 15.4. The van der Waals surface area contributed by atoms with E-state index in [-0.39, 0.29) is 5.69 Å². The molecule has 6 heteroatoms. The number of halogens is 1. The number of hydrogen-bond donors (Lipinski definition) is 2. The molecule has 0 heterocycles. The SMILES string of the molecule is O=[N+]([O-])c1ccc([C@H](O)CNCc2ccc(Cl)cc2)cc1. The van der Waals surface area contributed by atoms with Crippen LogP contribution in [0.2, 0.25) is 5.02 Å². The zero-order chi connectivity index (χ0) is 15.2. The maximum Gasteiger partial charge on any atom is 0.269 e. The summed E-state index contributed by atoms with van der Waals surface area (Å²) in [6.45, 7) is 0.974. The predicted molar refractivity (Wildman–Crippen MR) is 81.2 cm³/mol. The molecule has 0 aliphatic heterocycles. The highest BCUT2D eigenvalue weighted by Crippen LogP contribution is 2.17. The van der Waals surface area contributed by atoms with E-state index in [2.05, 4.69) is 5.32 Å². The van der Waals surface area contributed by atoms with Crippen molar-refractivity contribution in [2.24, 2.45) is 0 Å². The second-order valence-electron chi connectivity index (χ2n) is 4.62. The quantitative estimate of drug-likeness (QED) is 0.635. The summed E-state index contributed by atoms with van der Waals surface area (Å²) in [7, 11) is 0. The highest BCUT2D eigenvalue weighted by atomic mass is 35.5. The normalized spacial score (nSPS) is 12.1. The van der Waals surface area contributed by atoms with Gasteiger partial charge in [0.1, 0.15) is 0 Å². The largest absolute Gasteiger partial charge is 0.387 e. The average Bonchev–Trinajstić information content (AvgIpc) is 2.49. The van der Waals surface area contributed by atoms with E-state index in [0.717, 1.165) is 5.56 Å². The van der Waals surface area contributed by atoms with Crippen LogP contribution in [0.1, 0.15) is 17.2 Å². The minimum absolute atomic E-state index is 0.0140. The Labute approximate surface area is 127 Å². The number of nitro groups is 1. The average molecular weight is 307 g/mol. The van der Waals surface area contributed by atoms with E-state index in [1.54, 1.807) is 12.1 Å². The molecule has 5 nitrogen and oxygen atoms in total. The molecule has 2 aromatic rings. The highest BCUT2D eigenvalue weighted by Gasteiger charge is 2.10. The summed E-state index contributed by atoms with van der Waals surface area (Å²) < 4.78 is 0. The third kappa shape index (κ3) is 4.53. The van der Waals surface area contributed by atoms with Crippen LogP contribution in [0.15, 0.2) is 48.5 Å². The monoisotopic (exact) mass is 306 g/mol. The van der Waals surface area contributed by atoms with E-state index in [1.165, 1.54) is 12.1 Å². The zero-order valence-electron chi connectivity index (χ0n) is 11.2. The lowest BCUT2D eigenvalue weighted by Gasteiger charge is -2.12. The molecular formula is C15H15ClN2O3. The molecule has 0 saturated carbocycles. The van der Waals surface area contributed by atoms with Gasteiger partial charge in [-0.05, 0) is 35.4 Å². The van der Waals surface area contributed by atoms with Crippen LogP contribution in [0.3, 0.4) is 0 Å². The number of nitrogens with zero attached hydrogens (tertiary/aromatic N) is 1. The number of rotatable bonds is 6. The molecule has 0 bridgehead atoms. The molecule has 0 spiro atoms. The molecule has 0 aliphatic rings. The van der Waals surface area contributed by atoms with E-state index < -0.39 is 11.0 Å². The van der Waals surface area contributed by atoms with E-state index in [9.17, 15) is 15.2 Å². The summed E-state index contributed by atoms with van der Waals surface area (Å²) in [6.07, 6.45) is -0.710. The Morgan fingerprint density at radius 2 is 1.76 bits per heavy atom. The minimum Gasteiger partial charge on any atom is -0.387 e. The first-order valence-electron chi connectivity index (χ1n) is 6.44. The smallest absolute Gasteiger partial charge is 0.269 e. The molecule has 0 unspecified atom stereocenters. The summed E-state index contributed by atoms with van der Waals surface area (Å²) in [5, 5.41) is 24.4. The Hall–Kier alpha value is -1.95. The van der Waals surface area contributed by atoms with Crippen molar-refractivity contribution in [2.45, 2.75) is 12.6 Å². The Balaban J connectivity index is 1.85. The summed E-state index contributed by atoms with van der Waals surface area (Å²) in [4.78, 5) is 10.1. The molecular weight excluding hydrogens is 292 g/mol. The Morgan fingerprint density at radius 1 is 1.14 bits per heavy atom. The molecule has 0 aromatic heterocycles. The summed E-state index contributed by atoms with van der Waals surface area (Å²) >= 11 is 5.80. The van der Waals surface area contributed by atoms with Gasteiger partial charge in [-0.2, -0.15) is 0 Å². The lowest BCUT2D eigenvalue weighted by molar-refractivity contribution is -0.384. The summed E-state index contributed by atoms with van der Waals surface area (Å²) in [5.41, 5.74) is 1.72. The first-order chi connectivity index (χ1) is 10.1. The second kappa shape index (κ2) is 7.17. The van der Waals surface area contributed by atoms with Crippen molar-refractivity contribution in [1.82, 2.24) is 5.32 Å². The fourth-order valence-corrected chi connectivity index (χ4v) is 2.02. The molecule has 2 N–H and O–H groups in total. The van der Waals surface area contributed by atoms with Gasteiger partial charge in [0.2, 0.25) is 0 Å². The van der Waals surface area contributed by atoms with Crippen molar-refractivity contribution >= 4 is 17.3 Å². The standard InChI is InChI=1S/C15H15ClN2O3/c16-13-5-1-11(2-6-13)9-17-10-15(19)12-3-7-14(8-4-12)18(20)21/h1-8,15,17,19H,9-10H2/t15-/m1/s1. The highest BCUT2D eigenvalue weighted by molar-refractivity contribution is 6.30. The number of nitrogens with one attached hydrogen (secondary N) is 1. The van der Waals surface area contributed by atoms with Gasteiger partial charge in [-0.25, -0.2) is 0 Å². The van der Waals surface area contributed by atoms with Crippen molar-refractivity contribution in [3.63, 3.8) is 0 Å². The van der Waals surface area contributed by atoms with E-state index in [4.69, 9.17) is 11.6 Å². The minimum atomic E-state index is -0.710. The van der Waals surface area contributed by atoms with Crippen LogP contribution < -0.4 is 5.32 Å². The molecule has 21 heavy (non-hydrogen) atoms. The molecule has 110 valence electrons. The number of non-ortho nitro benzene ring substituents is 1. The van der Waals surface area contributed by atoms with Gasteiger partial charge in [0.05, 0.1) is 11.0 Å². The summed E-state index contributed by atoms with van der Waals surface area (Å²) in [6, 6.07) is 13.3. The Kier molecular flexibility index (Phi) is 5.27. The van der Waals surface area contributed by atoms with Crippen LogP contribution in [-0.4, -0.2) is 16.6 Å². The van der Waals surface area contributed by atoms with Crippen LogP contribution in [0.5, 0.6) is 0 Å². The van der Waals surface area contributed by atoms with Gasteiger partial charge >= 0.3 is 0 Å². The van der Waals surface area contributed by atoms with Crippen LogP contribution in [0.4, 0.5) is 5.69 Å². The molecule has 0 radical (unpaired) electrons. The summed E-state index contributed by atoms with van der Waals surface area (Å²) in [5.74, 6) is 0. The first-order valence-corrected chi connectivity index (χ1v) is 6.81. The van der Waals surface area contributed by atoms with Gasteiger partial charge < -0.3 is 10.4 Å². The number of aliphatic hydroxyl groups excluding tert-OH is 1. The number of aliphatic hydroxyl groups is 1. The van der Waals surface area contributed by atoms with E-state index in [1.807, 2.05) is 24.3 Å². The van der Waals surface area contributed by atoms with Crippen LogP contribution >= 0.6 is 11.6 Å². The van der Waals surface area contributed by atoms with Crippen molar-refractivity contribution < 1.29 is 10.0 Å². The Morgan fingerprint density at radius 3 is 2.33 bits per heavy atom. The van der Waals surface area contributed by atoms with Crippen LogP contribution in [0, 0.1) is 10.1 Å². The van der Waals surface area contributed by atoms with E-state index in [0.29, 0.717) is 23.7 Å². The molecule has 1 atom stereocenters. The van der Waals surface area contributed by atoms with E-state index >= 15 is 0 Å². The maximum absolute atomic E-state index is 10.6. The van der Waals surface area contributed by atoms with Gasteiger partial charge in [0.25, 0.3) is 5.69 Å². The van der Waals surface area contributed by atoms with Crippen molar-refractivity contribution in [3.05, 3.63) is 74.8 Å². The van der Waals surface area contributed by atoms with Gasteiger partial charge in [0.15, 0.2) is 0 Å². The molecule has 0 amide bonds. The van der Waals surface area contributed by atoms with Crippen LogP contribution in [0.25, 0.3) is 0 Å². The third-order valence-corrected chi connectivity index (χ3v) is 3.32. The van der Waals surface area contributed by atoms with Gasteiger partial charge in [-0.3, -0.25) is 10.1 Å². The predicted octanol–water partition coefficient (Wildman–Crippen LogP) is 3.07. The lowest BCUT2D eigenvalue weighted by atomic mass is 10.1. The molecule has 2 aromatic carbocycles. The zero-order valence-corrected chi connectivity index (χ0v) is 12.0. The van der Waals surface area contributed by atoms with Crippen LogP contribution in [-0.2, 0) is 6.54 Å². The molecule has 0 aliphatic carbocycles. The Bertz CT molecular complexity index is 599. The van der Waals surface area contributed by atoms with Crippen molar-refractivity contribution in [2.75, 3.05) is 6.54 Å². The maximum atomic E-state index is 10.6. The lowest BCUT2D eigenvalue weighted by Crippen LogP contribution is -2.21. The number of nitro benzene ring substituents is 1. The van der Waals surface area contributed by atoms with Gasteiger partial charge in [-0.15, -0.1) is 0 Å². The molecule has 0 fully saturated rings. The number of hydrogen-bond acceptors (Lipinski definition) is 4. The fourth-order valence-electron chi connectivity index (χ4n) is 1.89. The number of benzene rings is 2. The van der Waals surface area contributed by atoms with Crippen molar-refractivity contribution in [3.8, 4) is 0 Å². The topological polar surface area (TPSA) is 75.4 Å². The molecule has 2 rings (SSSR count). The van der Waals surface area contributed by atoms with Gasteiger partial charge in [-0.1, -0.05) is 23.7 Å². The van der Waals surface area contributed by atoms with Crippen molar-refractivity contribution in [1.29, 1.82) is 0 Å². The third-order valence-electron chi connectivity index (χ3n) is 3.07. The fraction of sp³-hybridized carbons (Fsp3) is 0.200. The van der Waals surface area contributed by atoms with Gasteiger partial charge in [0, 0.05) is 30.2 Å². The molecule has 0 saturated heterocycles.